The van der Waals surface area contributed by atoms with Crippen molar-refractivity contribution in [1.29, 1.82) is 0 Å². The Labute approximate surface area is 150 Å². The van der Waals surface area contributed by atoms with Crippen LogP contribution in [0, 0.1) is 11.6 Å². The highest BCUT2D eigenvalue weighted by Crippen LogP contribution is 2.27. The number of anilines is 2. The Balaban J connectivity index is 2.25. The largest absolute Gasteiger partial charge is 0.366 e. The van der Waals surface area contributed by atoms with E-state index in [4.69, 9.17) is 4.74 Å². The average Bonchev–Trinajstić information content (AvgIpc) is 2.61. The second-order valence-corrected chi connectivity index (χ2v) is 6.00. The van der Waals surface area contributed by atoms with Gasteiger partial charge in [-0.15, -0.1) is 0 Å². The Morgan fingerprint density at radius 1 is 1.04 bits per heavy atom. The standard InChI is InChI=1S/C19H20F2N2O3/c1-4-26-19(2,3)18(25)23-16-13(20)10-11-14(15(16)21)22-17(24)12-8-6-5-7-9-12/h5-11H,4H2,1-3H3,(H,22,24)(H,23,25). The van der Waals surface area contributed by atoms with Gasteiger partial charge < -0.3 is 15.4 Å². The molecule has 0 spiro atoms. The first-order chi connectivity index (χ1) is 12.3. The Kier molecular flexibility index (Phi) is 6.05. The predicted octanol–water partition coefficient (Wildman–Crippen LogP) is 3.97. The van der Waals surface area contributed by atoms with Gasteiger partial charge in [0.15, 0.2) is 5.82 Å². The number of carbonyl (C=O) groups is 2. The SMILES string of the molecule is CCOC(C)(C)C(=O)Nc1c(F)ccc(NC(=O)c2ccccc2)c1F. The van der Waals surface area contributed by atoms with Crippen LogP contribution < -0.4 is 10.6 Å². The molecule has 2 aromatic rings. The minimum atomic E-state index is -1.27. The zero-order valence-corrected chi connectivity index (χ0v) is 14.7. The lowest BCUT2D eigenvalue weighted by Crippen LogP contribution is -2.40. The summed E-state index contributed by atoms with van der Waals surface area (Å²) in [7, 11) is 0. The van der Waals surface area contributed by atoms with Gasteiger partial charge in [0.25, 0.3) is 11.8 Å². The molecule has 0 aliphatic rings. The Morgan fingerprint density at radius 2 is 1.69 bits per heavy atom. The van der Waals surface area contributed by atoms with Crippen LogP contribution in [0.25, 0.3) is 0 Å². The Hall–Kier alpha value is -2.80. The van der Waals surface area contributed by atoms with E-state index < -0.39 is 34.7 Å². The summed E-state index contributed by atoms with van der Waals surface area (Å²) in [6, 6.07) is 10.2. The highest BCUT2D eigenvalue weighted by molar-refractivity contribution is 6.05. The summed E-state index contributed by atoms with van der Waals surface area (Å²) < 4.78 is 33.9. The van der Waals surface area contributed by atoms with E-state index in [0.29, 0.717) is 5.56 Å². The van der Waals surface area contributed by atoms with E-state index in [1.165, 1.54) is 13.8 Å². The van der Waals surface area contributed by atoms with Crippen LogP contribution in [0.3, 0.4) is 0 Å². The maximum absolute atomic E-state index is 14.6. The number of carbonyl (C=O) groups excluding carboxylic acids is 2. The zero-order valence-electron chi connectivity index (χ0n) is 14.7. The van der Waals surface area contributed by atoms with Crippen LogP contribution in [0.5, 0.6) is 0 Å². The van der Waals surface area contributed by atoms with Crippen molar-refractivity contribution in [3.8, 4) is 0 Å². The summed E-state index contributed by atoms with van der Waals surface area (Å²) >= 11 is 0. The molecule has 5 nitrogen and oxygen atoms in total. The average molecular weight is 362 g/mol. The van der Waals surface area contributed by atoms with Crippen molar-refractivity contribution in [3.05, 3.63) is 59.7 Å². The highest BCUT2D eigenvalue weighted by Gasteiger charge is 2.30. The molecule has 0 aliphatic carbocycles. The topological polar surface area (TPSA) is 67.4 Å². The number of hydrogen-bond acceptors (Lipinski definition) is 3. The molecular formula is C19H20F2N2O3. The van der Waals surface area contributed by atoms with E-state index in [9.17, 15) is 18.4 Å². The maximum atomic E-state index is 14.6. The minimum Gasteiger partial charge on any atom is -0.366 e. The summed E-state index contributed by atoms with van der Waals surface area (Å²) in [6.07, 6.45) is 0. The van der Waals surface area contributed by atoms with Gasteiger partial charge in [-0.3, -0.25) is 9.59 Å². The Bertz CT molecular complexity index is 808. The summed E-state index contributed by atoms with van der Waals surface area (Å²) in [5.74, 6) is -3.29. The van der Waals surface area contributed by atoms with Gasteiger partial charge >= 0.3 is 0 Å². The quantitative estimate of drug-likeness (QED) is 0.817. The van der Waals surface area contributed by atoms with Crippen LogP contribution in [0.15, 0.2) is 42.5 Å². The lowest BCUT2D eigenvalue weighted by molar-refractivity contribution is -0.136. The van der Waals surface area contributed by atoms with Crippen LogP contribution in [-0.4, -0.2) is 24.0 Å². The van der Waals surface area contributed by atoms with Gasteiger partial charge in [-0.25, -0.2) is 8.78 Å². The molecule has 2 rings (SSSR count). The summed E-state index contributed by atoms with van der Waals surface area (Å²) in [4.78, 5) is 24.4. The first kappa shape index (κ1) is 19.5. The summed E-state index contributed by atoms with van der Waals surface area (Å²) in [5.41, 5.74) is -1.84. The molecule has 2 amide bonds. The van der Waals surface area contributed by atoms with E-state index in [2.05, 4.69) is 10.6 Å². The number of benzene rings is 2. The molecule has 0 atom stereocenters. The molecule has 0 fully saturated rings. The third-order valence-corrected chi connectivity index (χ3v) is 3.67. The fraction of sp³-hybridized carbons (Fsp3) is 0.263. The van der Waals surface area contributed by atoms with Crippen LogP contribution in [-0.2, 0) is 9.53 Å². The smallest absolute Gasteiger partial charge is 0.256 e. The first-order valence-corrected chi connectivity index (χ1v) is 8.06. The lowest BCUT2D eigenvalue weighted by atomic mass is 10.1. The van der Waals surface area contributed by atoms with Gasteiger partial charge in [0.1, 0.15) is 17.1 Å². The lowest BCUT2D eigenvalue weighted by Gasteiger charge is -2.24. The first-order valence-electron chi connectivity index (χ1n) is 8.06. The van der Waals surface area contributed by atoms with E-state index in [-0.39, 0.29) is 12.3 Å². The van der Waals surface area contributed by atoms with E-state index in [1.807, 2.05) is 0 Å². The normalized spacial score (nSPS) is 11.1. The monoisotopic (exact) mass is 362 g/mol. The van der Waals surface area contributed by atoms with Crippen molar-refractivity contribution >= 4 is 23.2 Å². The molecule has 0 heterocycles. The minimum absolute atomic E-state index is 0.246. The predicted molar refractivity (Wildman–Crippen MR) is 95.1 cm³/mol. The number of nitrogens with one attached hydrogen (secondary N) is 2. The maximum Gasteiger partial charge on any atom is 0.256 e. The molecule has 0 aromatic heterocycles. The second kappa shape index (κ2) is 8.05. The molecule has 0 aliphatic heterocycles. The van der Waals surface area contributed by atoms with Crippen molar-refractivity contribution in [2.75, 3.05) is 17.2 Å². The van der Waals surface area contributed by atoms with E-state index >= 15 is 0 Å². The van der Waals surface area contributed by atoms with Crippen LogP contribution in [0.2, 0.25) is 0 Å². The van der Waals surface area contributed by atoms with Gasteiger partial charge in [0, 0.05) is 12.2 Å². The van der Waals surface area contributed by atoms with Gasteiger partial charge in [0.2, 0.25) is 0 Å². The third kappa shape index (κ3) is 4.43. The van der Waals surface area contributed by atoms with Gasteiger partial charge in [-0.05, 0) is 45.0 Å². The molecule has 7 heteroatoms. The number of rotatable bonds is 6. The fourth-order valence-corrected chi connectivity index (χ4v) is 2.24. The molecular weight excluding hydrogens is 342 g/mol. The third-order valence-electron chi connectivity index (χ3n) is 3.67. The molecule has 26 heavy (non-hydrogen) atoms. The molecule has 2 N–H and O–H groups in total. The van der Waals surface area contributed by atoms with E-state index in [0.717, 1.165) is 12.1 Å². The second-order valence-electron chi connectivity index (χ2n) is 6.00. The van der Waals surface area contributed by atoms with Gasteiger partial charge in [-0.2, -0.15) is 0 Å². The van der Waals surface area contributed by atoms with Crippen molar-refractivity contribution in [1.82, 2.24) is 0 Å². The zero-order chi connectivity index (χ0) is 19.3. The van der Waals surface area contributed by atoms with Crippen molar-refractivity contribution in [2.24, 2.45) is 0 Å². The molecule has 0 unspecified atom stereocenters. The molecule has 2 aromatic carbocycles. The van der Waals surface area contributed by atoms with Crippen LogP contribution in [0.1, 0.15) is 31.1 Å². The van der Waals surface area contributed by atoms with Crippen molar-refractivity contribution in [2.45, 2.75) is 26.4 Å². The van der Waals surface area contributed by atoms with Crippen molar-refractivity contribution in [3.63, 3.8) is 0 Å². The Morgan fingerprint density at radius 3 is 2.31 bits per heavy atom. The van der Waals surface area contributed by atoms with Crippen LogP contribution in [0.4, 0.5) is 20.2 Å². The number of halogens is 2. The highest BCUT2D eigenvalue weighted by atomic mass is 19.1. The molecule has 0 radical (unpaired) electrons. The van der Waals surface area contributed by atoms with E-state index in [1.54, 1.807) is 37.3 Å². The van der Waals surface area contributed by atoms with Gasteiger partial charge in [0.05, 0.1) is 5.69 Å². The number of hydrogen-bond donors (Lipinski definition) is 2. The fourth-order valence-electron chi connectivity index (χ4n) is 2.24. The van der Waals surface area contributed by atoms with Crippen molar-refractivity contribution < 1.29 is 23.1 Å². The molecule has 0 saturated heterocycles. The molecule has 138 valence electrons. The molecule has 0 bridgehead atoms. The summed E-state index contributed by atoms with van der Waals surface area (Å²) in [6.45, 7) is 4.94. The van der Waals surface area contributed by atoms with Crippen LogP contribution >= 0.6 is 0 Å². The summed E-state index contributed by atoms with van der Waals surface area (Å²) in [5, 5.41) is 4.56. The van der Waals surface area contributed by atoms with Gasteiger partial charge in [-0.1, -0.05) is 18.2 Å². The molecule has 0 saturated carbocycles. The number of ether oxygens (including phenoxy) is 1. The number of amides is 2.